The van der Waals surface area contributed by atoms with Crippen LogP contribution in [-0.2, 0) is 0 Å². The molecule has 1 aromatic heterocycles. The summed E-state index contributed by atoms with van der Waals surface area (Å²) >= 11 is 0. The van der Waals surface area contributed by atoms with E-state index in [0.717, 1.165) is 5.69 Å². The lowest BCUT2D eigenvalue weighted by atomic mass is 10.2. The van der Waals surface area contributed by atoms with Crippen molar-refractivity contribution in [3.8, 4) is 0 Å². The molecule has 1 unspecified atom stereocenters. The van der Waals surface area contributed by atoms with Gasteiger partial charge >= 0.3 is 0 Å². The second-order valence-corrected chi connectivity index (χ2v) is 3.46. The summed E-state index contributed by atoms with van der Waals surface area (Å²) in [5.41, 5.74) is 6.65. The topological polar surface area (TPSA) is 86.2 Å². The Kier molecular flexibility index (Phi) is 3.62. The van der Waals surface area contributed by atoms with Crippen LogP contribution in [0.2, 0.25) is 0 Å². The molecule has 5 nitrogen and oxygen atoms in total. The van der Waals surface area contributed by atoms with Gasteiger partial charge in [-0.25, -0.2) is 0 Å². The highest BCUT2D eigenvalue weighted by molar-refractivity contribution is 5.93. The highest BCUT2D eigenvalue weighted by atomic mass is 16.3. The molecule has 0 aliphatic carbocycles. The Balaban J connectivity index is 2.84. The van der Waals surface area contributed by atoms with Crippen LogP contribution in [0.15, 0.2) is 18.3 Å². The number of amidine groups is 1. The third kappa shape index (κ3) is 2.66. The van der Waals surface area contributed by atoms with Gasteiger partial charge in [0.15, 0.2) is 0 Å². The van der Waals surface area contributed by atoms with E-state index in [9.17, 15) is 0 Å². The first-order valence-corrected chi connectivity index (χ1v) is 4.70. The van der Waals surface area contributed by atoms with Gasteiger partial charge in [-0.3, -0.25) is 10.4 Å². The van der Waals surface area contributed by atoms with Crippen molar-refractivity contribution in [1.29, 1.82) is 5.41 Å². The first-order chi connectivity index (χ1) is 7.06. The summed E-state index contributed by atoms with van der Waals surface area (Å²) in [7, 11) is 1.88. The highest BCUT2D eigenvalue weighted by Gasteiger charge is 2.09. The zero-order valence-electron chi connectivity index (χ0n) is 8.94. The Hall–Kier alpha value is -1.62. The summed E-state index contributed by atoms with van der Waals surface area (Å²) in [5.74, 6) is -0.0422. The molecule has 0 saturated carbocycles. The van der Waals surface area contributed by atoms with Crippen molar-refractivity contribution in [3.63, 3.8) is 0 Å². The first kappa shape index (κ1) is 11.5. The van der Waals surface area contributed by atoms with Crippen LogP contribution in [0.1, 0.15) is 12.6 Å². The van der Waals surface area contributed by atoms with Gasteiger partial charge < -0.3 is 15.7 Å². The molecule has 4 N–H and O–H groups in total. The molecule has 1 atom stereocenters. The van der Waals surface area contributed by atoms with E-state index in [1.807, 2.05) is 24.9 Å². The molecule has 0 fully saturated rings. The molecule has 1 aromatic rings. The molecule has 0 aliphatic heterocycles. The second kappa shape index (κ2) is 4.75. The Morgan fingerprint density at radius 3 is 2.73 bits per heavy atom. The number of aromatic nitrogens is 1. The lowest BCUT2D eigenvalue weighted by Gasteiger charge is -2.24. The van der Waals surface area contributed by atoms with E-state index >= 15 is 0 Å². The predicted octanol–water partition coefficient (Wildman–Crippen LogP) is 0.183. The first-order valence-electron chi connectivity index (χ1n) is 4.70. The van der Waals surface area contributed by atoms with E-state index in [4.69, 9.17) is 16.2 Å². The van der Waals surface area contributed by atoms with Gasteiger partial charge in [0, 0.05) is 13.1 Å². The maximum Gasteiger partial charge on any atom is 0.141 e. The number of nitrogens with one attached hydrogen (secondary N) is 1. The standard InChI is InChI=1S/C10H16N4O/c1-7(6-15)14(2)8-3-4-9(10(11)12)13-5-8/h3-5,7,15H,6H2,1-2H3,(H3,11,12). The molecule has 0 radical (unpaired) electrons. The van der Waals surface area contributed by atoms with Gasteiger partial charge in [0.05, 0.1) is 18.5 Å². The van der Waals surface area contributed by atoms with Crippen LogP contribution in [-0.4, -0.2) is 35.6 Å². The number of pyridine rings is 1. The van der Waals surface area contributed by atoms with E-state index in [1.54, 1.807) is 12.3 Å². The van der Waals surface area contributed by atoms with Crippen LogP contribution >= 0.6 is 0 Å². The van der Waals surface area contributed by atoms with Crippen LogP contribution in [0.4, 0.5) is 5.69 Å². The van der Waals surface area contributed by atoms with E-state index in [-0.39, 0.29) is 18.5 Å². The quantitative estimate of drug-likeness (QED) is 0.486. The molecule has 0 saturated heterocycles. The summed E-state index contributed by atoms with van der Waals surface area (Å²) in [6.45, 7) is 2.00. The number of anilines is 1. The van der Waals surface area contributed by atoms with Crippen LogP contribution in [0.3, 0.4) is 0 Å². The van der Waals surface area contributed by atoms with Crippen molar-refractivity contribution >= 4 is 11.5 Å². The van der Waals surface area contributed by atoms with Crippen molar-refractivity contribution in [2.45, 2.75) is 13.0 Å². The second-order valence-electron chi connectivity index (χ2n) is 3.46. The molecule has 15 heavy (non-hydrogen) atoms. The van der Waals surface area contributed by atoms with Gasteiger partial charge in [-0.15, -0.1) is 0 Å². The minimum absolute atomic E-state index is 0.0370. The van der Waals surface area contributed by atoms with Crippen LogP contribution < -0.4 is 10.6 Å². The number of hydrogen-bond acceptors (Lipinski definition) is 4. The molecule has 82 valence electrons. The van der Waals surface area contributed by atoms with Gasteiger partial charge in [-0.1, -0.05) is 0 Å². The van der Waals surface area contributed by atoms with E-state index in [0.29, 0.717) is 5.69 Å². The number of nitrogen functional groups attached to an aromatic ring is 1. The van der Waals surface area contributed by atoms with Crippen molar-refractivity contribution in [3.05, 3.63) is 24.0 Å². The summed E-state index contributed by atoms with van der Waals surface area (Å²) in [4.78, 5) is 5.96. The lowest BCUT2D eigenvalue weighted by molar-refractivity contribution is 0.270. The summed E-state index contributed by atoms with van der Waals surface area (Å²) in [6.07, 6.45) is 1.64. The summed E-state index contributed by atoms with van der Waals surface area (Å²) in [5, 5.41) is 16.2. The summed E-state index contributed by atoms with van der Waals surface area (Å²) in [6, 6.07) is 3.56. The average Bonchev–Trinajstić information content (AvgIpc) is 2.27. The molecule has 5 heteroatoms. The molecule has 1 rings (SSSR count). The fourth-order valence-corrected chi connectivity index (χ4v) is 1.13. The van der Waals surface area contributed by atoms with Gasteiger partial charge in [0.2, 0.25) is 0 Å². The van der Waals surface area contributed by atoms with Gasteiger partial charge in [-0.2, -0.15) is 0 Å². The zero-order chi connectivity index (χ0) is 11.4. The molecule has 1 heterocycles. The van der Waals surface area contributed by atoms with Crippen LogP contribution in [0.5, 0.6) is 0 Å². The molecule has 0 bridgehead atoms. The maximum atomic E-state index is 8.99. The highest BCUT2D eigenvalue weighted by Crippen LogP contribution is 2.13. The van der Waals surface area contributed by atoms with Crippen molar-refractivity contribution in [2.75, 3.05) is 18.6 Å². The number of aliphatic hydroxyl groups is 1. The number of hydrogen-bond donors (Lipinski definition) is 3. The number of rotatable bonds is 4. The SMILES string of the molecule is CC(CO)N(C)c1ccc(C(=N)N)nc1. The molecular formula is C10H16N4O. The Bertz CT molecular complexity index is 336. The molecule has 0 amide bonds. The van der Waals surface area contributed by atoms with Crippen LogP contribution in [0, 0.1) is 5.41 Å². The molecule has 0 aliphatic rings. The Labute approximate surface area is 89.1 Å². The predicted molar refractivity (Wildman–Crippen MR) is 60.2 cm³/mol. The maximum absolute atomic E-state index is 8.99. The Morgan fingerprint density at radius 2 is 2.33 bits per heavy atom. The Morgan fingerprint density at radius 1 is 1.67 bits per heavy atom. The fourth-order valence-electron chi connectivity index (χ4n) is 1.13. The van der Waals surface area contributed by atoms with Gasteiger partial charge in [-0.05, 0) is 19.1 Å². The lowest BCUT2D eigenvalue weighted by Crippen LogP contribution is -2.31. The smallest absolute Gasteiger partial charge is 0.141 e. The number of likely N-dealkylation sites (N-methyl/N-ethyl adjacent to an activating group) is 1. The zero-order valence-corrected chi connectivity index (χ0v) is 8.94. The van der Waals surface area contributed by atoms with Gasteiger partial charge in [0.1, 0.15) is 11.5 Å². The monoisotopic (exact) mass is 208 g/mol. The third-order valence-corrected chi connectivity index (χ3v) is 2.36. The van der Waals surface area contributed by atoms with Crippen molar-refractivity contribution in [1.82, 2.24) is 4.98 Å². The largest absolute Gasteiger partial charge is 0.394 e. The van der Waals surface area contributed by atoms with Crippen LogP contribution in [0.25, 0.3) is 0 Å². The van der Waals surface area contributed by atoms with E-state index in [2.05, 4.69) is 4.98 Å². The number of nitrogens with two attached hydrogens (primary N) is 1. The third-order valence-electron chi connectivity index (χ3n) is 2.36. The van der Waals surface area contributed by atoms with Crippen molar-refractivity contribution < 1.29 is 5.11 Å². The molecule has 0 aromatic carbocycles. The fraction of sp³-hybridized carbons (Fsp3) is 0.400. The number of aliphatic hydroxyl groups excluding tert-OH is 1. The van der Waals surface area contributed by atoms with Gasteiger partial charge in [0.25, 0.3) is 0 Å². The number of nitrogens with zero attached hydrogens (tertiary/aromatic N) is 2. The molecular weight excluding hydrogens is 192 g/mol. The van der Waals surface area contributed by atoms with E-state index < -0.39 is 0 Å². The van der Waals surface area contributed by atoms with E-state index in [1.165, 1.54) is 0 Å². The molecule has 0 spiro atoms. The minimum atomic E-state index is -0.0422. The summed E-state index contributed by atoms with van der Waals surface area (Å²) < 4.78 is 0. The average molecular weight is 208 g/mol. The minimum Gasteiger partial charge on any atom is -0.394 e. The normalized spacial score (nSPS) is 12.2. The van der Waals surface area contributed by atoms with Crippen molar-refractivity contribution in [2.24, 2.45) is 5.73 Å².